The predicted molar refractivity (Wildman–Crippen MR) is 118 cm³/mol. The van der Waals surface area contributed by atoms with E-state index in [4.69, 9.17) is 4.42 Å². The summed E-state index contributed by atoms with van der Waals surface area (Å²) in [6.07, 6.45) is 0. The van der Waals surface area contributed by atoms with Crippen molar-refractivity contribution in [3.8, 4) is 11.5 Å². The molecule has 0 atom stereocenters. The molecule has 0 aliphatic carbocycles. The number of carbonyl (C=O) groups excluding carboxylic acids is 2. The van der Waals surface area contributed by atoms with Gasteiger partial charge in [-0.3, -0.25) is 9.59 Å². The summed E-state index contributed by atoms with van der Waals surface area (Å²) in [7, 11) is 1.57. The quantitative estimate of drug-likeness (QED) is 0.578. The fourth-order valence-corrected chi connectivity index (χ4v) is 3.23. The summed E-state index contributed by atoms with van der Waals surface area (Å²) < 4.78 is 5.67. The van der Waals surface area contributed by atoms with Gasteiger partial charge in [0.2, 0.25) is 11.8 Å². The van der Waals surface area contributed by atoms with Gasteiger partial charge in [0.05, 0.1) is 5.75 Å². The Kier molecular flexibility index (Phi) is 6.56. The zero-order valence-electron chi connectivity index (χ0n) is 17.4. The number of rotatable bonds is 6. The van der Waals surface area contributed by atoms with Crippen molar-refractivity contribution in [2.24, 2.45) is 0 Å². The van der Waals surface area contributed by atoms with Crippen LogP contribution in [0, 0.1) is 0 Å². The second-order valence-corrected chi connectivity index (χ2v) is 8.62. The summed E-state index contributed by atoms with van der Waals surface area (Å²) in [6, 6.07) is 14.7. The first-order valence-electron chi connectivity index (χ1n) is 9.45. The number of nitrogens with zero attached hydrogens (tertiary/aromatic N) is 2. The lowest BCUT2D eigenvalue weighted by Crippen LogP contribution is -2.18. The summed E-state index contributed by atoms with van der Waals surface area (Å²) in [4.78, 5) is 23.7. The molecule has 0 unspecified atom stereocenters. The number of hydrogen-bond donors (Lipinski definition) is 2. The van der Waals surface area contributed by atoms with Crippen molar-refractivity contribution in [1.82, 2.24) is 15.5 Å². The molecule has 0 saturated heterocycles. The van der Waals surface area contributed by atoms with Gasteiger partial charge >= 0.3 is 0 Å². The number of nitrogens with one attached hydrogen (secondary N) is 2. The molecule has 3 aromatic rings. The molecule has 1 heterocycles. The predicted octanol–water partition coefficient (Wildman–Crippen LogP) is 4.12. The summed E-state index contributed by atoms with van der Waals surface area (Å²) >= 11 is 1.17. The zero-order valence-corrected chi connectivity index (χ0v) is 18.2. The Morgan fingerprint density at radius 3 is 2.27 bits per heavy atom. The van der Waals surface area contributed by atoms with Gasteiger partial charge in [0, 0.05) is 23.9 Å². The van der Waals surface area contributed by atoms with Crippen LogP contribution in [0.15, 0.2) is 58.2 Å². The highest BCUT2D eigenvalue weighted by Gasteiger charge is 2.15. The third-order valence-electron chi connectivity index (χ3n) is 4.39. The number of anilines is 1. The van der Waals surface area contributed by atoms with Crippen LogP contribution in [0.4, 0.5) is 5.69 Å². The zero-order chi connectivity index (χ0) is 21.7. The van der Waals surface area contributed by atoms with E-state index in [0.717, 1.165) is 5.56 Å². The number of amides is 2. The first kappa shape index (κ1) is 21.6. The lowest BCUT2D eigenvalue weighted by molar-refractivity contribution is -0.113. The SMILES string of the molecule is CNC(=O)c1ccc(NC(=O)CSc2nnc(-c3ccc(C(C)(C)C)cc3)o2)cc1. The maximum absolute atomic E-state index is 12.2. The first-order chi connectivity index (χ1) is 14.3. The number of benzene rings is 2. The Morgan fingerprint density at radius 1 is 1.00 bits per heavy atom. The van der Waals surface area contributed by atoms with E-state index in [2.05, 4.69) is 53.7 Å². The van der Waals surface area contributed by atoms with Crippen molar-refractivity contribution >= 4 is 29.3 Å². The molecule has 0 aliphatic heterocycles. The Labute approximate surface area is 179 Å². The second kappa shape index (κ2) is 9.13. The average Bonchev–Trinajstić information content (AvgIpc) is 3.21. The minimum atomic E-state index is -0.207. The monoisotopic (exact) mass is 424 g/mol. The topological polar surface area (TPSA) is 97.1 Å². The molecule has 156 valence electrons. The van der Waals surface area contributed by atoms with Crippen molar-refractivity contribution in [1.29, 1.82) is 0 Å². The third kappa shape index (κ3) is 5.48. The van der Waals surface area contributed by atoms with E-state index < -0.39 is 0 Å². The minimum Gasteiger partial charge on any atom is -0.411 e. The number of hydrogen-bond acceptors (Lipinski definition) is 6. The summed E-state index contributed by atoms with van der Waals surface area (Å²) in [6.45, 7) is 6.47. The van der Waals surface area contributed by atoms with Gasteiger partial charge in [-0.15, -0.1) is 10.2 Å². The van der Waals surface area contributed by atoms with Crippen LogP contribution in [-0.4, -0.2) is 34.8 Å². The van der Waals surface area contributed by atoms with E-state index in [-0.39, 0.29) is 23.0 Å². The Hall–Kier alpha value is -3.13. The molecule has 0 saturated carbocycles. The number of thioether (sulfide) groups is 1. The maximum Gasteiger partial charge on any atom is 0.277 e. The molecule has 8 heteroatoms. The molecular weight excluding hydrogens is 400 g/mol. The lowest BCUT2D eigenvalue weighted by Gasteiger charge is -2.18. The first-order valence-corrected chi connectivity index (χ1v) is 10.4. The van der Waals surface area contributed by atoms with Crippen molar-refractivity contribution in [2.45, 2.75) is 31.4 Å². The highest BCUT2D eigenvalue weighted by atomic mass is 32.2. The van der Waals surface area contributed by atoms with E-state index in [1.165, 1.54) is 17.3 Å². The van der Waals surface area contributed by atoms with Crippen molar-refractivity contribution in [2.75, 3.05) is 18.1 Å². The molecule has 30 heavy (non-hydrogen) atoms. The average molecular weight is 425 g/mol. The van der Waals surface area contributed by atoms with E-state index in [1.807, 2.05) is 12.1 Å². The lowest BCUT2D eigenvalue weighted by atomic mass is 9.87. The van der Waals surface area contributed by atoms with Crippen molar-refractivity contribution in [3.05, 3.63) is 59.7 Å². The highest BCUT2D eigenvalue weighted by molar-refractivity contribution is 7.99. The fourth-order valence-electron chi connectivity index (χ4n) is 2.67. The van der Waals surface area contributed by atoms with E-state index in [9.17, 15) is 9.59 Å². The molecule has 3 rings (SSSR count). The van der Waals surface area contributed by atoms with Crippen LogP contribution in [-0.2, 0) is 10.2 Å². The van der Waals surface area contributed by atoms with Crippen LogP contribution in [0.25, 0.3) is 11.5 Å². The van der Waals surface area contributed by atoms with E-state index in [0.29, 0.717) is 22.4 Å². The van der Waals surface area contributed by atoms with Crippen molar-refractivity contribution < 1.29 is 14.0 Å². The summed E-state index contributed by atoms with van der Waals surface area (Å²) in [5.41, 5.74) is 3.27. The van der Waals surface area contributed by atoms with E-state index >= 15 is 0 Å². The standard InChI is InChI=1S/C22H24N4O3S/c1-22(2,3)16-9-5-15(6-10-16)20-25-26-21(29-20)30-13-18(27)24-17-11-7-14(8-12-17)19(28)23-4/h5-12H,13H2,1-4H3,(H,23,28)(H,24,27). The van der Waals surface area contributed by atoms with Gasteiger partial charge in [0.15, 0.2) is 0 Å². The molecule has 1 aromatic heterocycles. The van der Waals surface area contributed by atoms with Gasteiger partial charge < -0.3 is 15.1 Å². The highest BCUT2D eigenvalue weighted by Crippen LogP contribution is 2.27. The minimum absolute atomic E-state index is 0.0739. The molecule has 0 fully saturated rings. The van der Waals surface area contributed by atoms with Crippen LogP contribution in [0.5, 0.6) is 0 Å². The van der Waals surface area contributed by atoms with E-state index in [1.54, 1.807) is 31.3 Å². The molecule has 0 bridgehead atoms. The third-order valence-corrected chi connectivity index (χ3v) is 5.21. The van der Waals surface area contributed by atoms with Gasteiger partial charge in [-0.05, 0) is 47.4 Å². The van der Waals surface area contributed by atoms with Gasteiger partial charge in [-0.2, -0.15) is 0 Å². The van der Waals surface area contributed by atoms with Gasteiger partial charge in [0.25, 0.3) is 11.1 Å². The normalized spacial score (nSPS) is 11.2. The Balaban J connectivity index is 1.55. The molecule has 2 N–H and O–H groups in total. The maximum atomic E-state index is 12.2. The molecule has 0 radical (unpaired) electrons. The Morgan fingerprint density at radius 2 is 1.67 bits per heavy atom. The van der Waals surface area contributed by atoms with Crippen LogP contribution in [0.1, 0.15) is 36.7 Å². The molecule has 0 spiro atoms. The van der Waals surface area contributed by atoms with Crippen molar-refractivity contribution in [3.63, 3.8) is 0 Å². The molecule has 2 aromatic carbocycles. The largest absolute Gasteiger partial charge is 0.411 e. The van der Waals surface area contributed by atoms with Gasteiger partial charge in [-0.25, -0.2) is 0 Å². The molecule has 0 aliphatic rings. The fraction of sp³-hybridized carbons (Fsp3) is 0.273. The van der Waals surface area contributed by atoms with Gasteiger partial charge in [0.1, 0.15) is 0 Å². The smallest absolute Gasteiger partial charge is 0.277 e. The van der Waals surface area contributed by atoms with Crippen LogP contribution >= 0.6 is 11.8 Å². The number of carbonyl (C=O) groups is 2. The molecular formula is C22H24N4O3S. The molecule has 2 amide bonds. The molecule has 7 nitrogen and oxygen atoms in total. The summed E-state index contributed by atoms with van der Waals surface area (Å²) in [5, 5.41) is 13.7. The number of aromatic nitrogens is 2. The Bertz CT molecular complexity index is 1020. The summed E-state index contributed by atoms with van der Waals surface area (Å²) in [5.74, 6) is 0.163. The van der Waals surface area contributed by atoms with Crippen LogP contribution in [0.2, 0.25) is 0 Å². The van der Waals surface area contributed by atoms with Crippen LogP contribution < -0.4 is 10.6 Å². The van der Waals surface area contributed by atoms with Gasteiger partial charge in [-0.1, -0.05) is 44.7 Å². The second-order valence-electron chi connectivity index (χ2n) is 7.69. The van der Waals surface area contributed by atoms with Crippen LogP contribution in [0.3, 0.4) is 0 Å².